The number of hydrogen-bond donors (Lipinski definition) is 1. The maximum atomic E-state index is 11.7. The number of carbonyl (C=O) groups excluding carboxylic acids is 1. The lowest BCUT2D eigenvalue weighted by atomic mass is 9.76. The van der Waals surface area contributed by atoms with Crippen molar-refractivity contribution in [2.75, 3.05) is 7.11 Å². The van der Waals surface area contributed by atoms with E-state index >= 15 is 0 Å². The maximum absolute atomic E-state index is 11.7. The van der Waals surface area contributed by atoms with Crippen molar-refractivity contribution >= 4 is 5.91 Å². The van der Waals surface area contributed by atoms with Gasteiger partial charge in [0, 0.05) is 0 Å². The smallest absolute Gasteiger partial charge is 0.225 e. The zero-order chi connectivity index (χ0) is 13.0. The molecule has 4 heteroatoms. The highest BCUT2D eigenvalue weighted by molar-refractivity contribution is 5.82. The minimum Gasteiger partial charge on any atom is -0.497 e. The second-order valence-electron chi connectivity index (χ2n) is 5.05. The van der Waals surface area contributed by atoms with E-state index < -0.39 is 0 Å². The van der Waals surface area contributed by atoms with Crippen LogP contribution in [0.15, 0.2) is 24.3 Å². The van der Waals surface area contributed by atoms with Crippen molar-refractivity contribution in [3.8, 4) is 5.75 Å². The minimum atomic E-state index is -0.202. The van der Waals surface area contributed by atoms with Crippen molar-refractivity contribution in [1.82, 2.24) is 0 Å². The Labute approximate surface area is 114 Å². The molecule has 1 saturated carbocycles. The average Bonchev–Trinajstić information content (AvgIpc) is 2.40. The third-order valence-corrected chi connectivity index (χ3v) is 3.90. The quantitative estimate of drug-likeness (QED) is 0.903. The van der Waals surface area contributed by atoms with Gasteiger partial charge in [0.1, 0.15) is 5.75 Å². The van der Waals surface area contributed by atoms with Gasteiger partial charge in [-0.3, -0.25) is 4.79 Å². The molecule has 1 aromatic rings. The second-order valence-corrected chi connectivity index (χ2v) is 5.05. The third kappa shape index (κ3) is 3.70. The van der Waals surface area contributed by atoms with Gasteiger partial charge >= 0.3 is 0 Å². The van der Waals surface area contributed by atoms with Crippen LogP contribution in [0.25, 0.3) is 0 Å². The maximum Gasteiger partial charge on any atom is 0.225 e. The molecule has 1 aliphatic rings. The van der Waals surface area contributed by atoms with E-state index in [2.05, 4.69) is 0 Å². The molecule has 2 rings (SSSR count). The number of benzene rings is 1. The molecule has 0 bridgehead atoms. The fourth-order valence-corrected chi connectivity index (χ4v) is 2.95. The van der Waals surface area contributed by atoms with E-state index in [9.17, 15) is 4.79 Å². The number of amides is 1. The average molecular weight is 265 g/mol. The molecule has 1 atom stereocenters. The summed E-state index contributed by atoms with van der Waals surface area (Å²) in [6.45, 7) is 0. The fraction of sp³-hybridized carbons (Fsp3) is 0.533. The van der Waals surface area contributed by atoms with Crippen LogP contribution < -0.4 is 10.5 Å². The Morgan fingerprint density at radius 1 is 1.21 bits per heavy atom. The zero-order valence-electron chi connectivity index (χ0n) is 11.4. The van der Waals surface area contributed by atoms with E-state index in [0.29, 0.717) is 5.92 Å². The summed E-state index contributed by atoms with van der Waals surface area (Å²) in [6, 6.07) is 7.72. The van der Waals surface area contributed by atoms with Crippen LogP contribution in [-0.4, -0.2) is 18.5 Å². The van der Waals surface area contributed by atoms with E-state index in [4.69, 9.17) is 10.5 Å². The SMILES string of the molecule is COc1ccc(C(C(N)=O)C2CCCCC2)cc1.O. The fourth-order valence-electron chi connectivity index (χ4n) is 2.95. The van der Waals surface area contributed by atoms with Crippen molar-refractivity contribution in [3.63, 3.8) is 0 Å². The summed E-state index contributed by atoms with van der Waals surface area (Å²) in [4.78, 5) is 11.7. The number of hydrogen-bond acceptors (Lipinski definition) is 2. The molecule has 0 saturated heterocycles. The van der Waals surface area contributed by atoms with E-state index in [1.165, 1.54) is 19.3 Å². The first-order chi connectivity index (χ1) is 8.72. The monoisotopic (exact) mass is 265 g/mol. The van der Waals surface area contributed by atoms with Gasteiger partial charge in [-0.25, -0.2) is 0 Å². The first-order valence-electron chi connectivity index (χ1n) is 6.65. The van der Waals surface area contributed by atoms with Gasteiger partial charge in [-0.05, 0) is 36.5 Å². The van der Waals surface area contributed by atoms with Gasteiger partial charge in [0.15, 0.2) is 0 Å². The number of methoxy groups -OCH3 is 1. The normalized spacial score (nSPS) is 17.3. The van der Waals surface area contributed by atoms with Crippen LogP contribution in [0.2, 0.25) is 0 Å². The molecule has 1 amide bonds. The summed E-state index contributed by atoms with van der Waals surface area (Å²) >= 11 is 0. The number of primary amides is 1. The van der Waals surface area contributed by atoms with E-state index in [-0.39, 0.29) is 17.3 Å². The van der Waals surface area contributed by atoms with Crippen LogP contribution in [0.4, 0.5) is 0 Å². The van der Waals surface area contributed by atoms with Crippen LogP contribution in [-0.2, 0) is 4.79 Å². The molecule has 0 spiro atoms. The molecule has 1 unspecified atom stereocenters. The lowest BCUT2D eigenvalue weighted by Crippen LogP contribution is -2.29. The summed E-state index contributed by atoms with van der Waals surface area (Å²) in [6.07, 6.45) is 5.93. The largest absolute Gasteiger partial charge is 0.497 e. The zero-order valence-corrected chi connectivity index (χ0v) is 11.4. The Bertz CT molecular complexity index is 396. The van der Waals surface area contributed by atoms with Gasteiger partial charge in [-0.15, -0.1) is 0 Å². The lowest BCUT2D eigenvalue weighted by Gasteiger charge is -2.28. The number of rotatable bonds is 4. The van der Waals surface area contributed by atoms with E-state index in [1.54, 1.807) is 7.11 Å². The molecule has 106 valence electrons. The molecule has 1 aromatic carbocycles. The van der Waals surface area contributed by atoms with E-state index in [0.717, 1.165) is 24.2 Å². The third-order valence-electron chi connectivity index (χ3n) is 3.90. The lowest BCUT2D eigenvalue weighted by molar-refractivity contribution is -0.120. The van der Waals surface area contributed by atoms with Gasteiger partial charge in [0.05, 0.1) is 13.0 Å². The molecule has 1 fully saturated rings. The van der Waals surface area contributed by atoms with Gasteiger partial charge in [0.2, 0.25) is 5.91 Å². The molecule has 0 radical (unpaired) electrons. The molecular weight excluding hydrogens is 242 g/mol. The Morgan fingerprint density at radius 2 is 1.79 bits per heavy atom. The van der Waals surface area contributed by atoms with Crippen molar-refractivity contribution < 1.29 is 15.0 Å². The van der Waals surface area contributed by atoms with Crippen LogP contribution in [0, 0.1) is 5.92 Å². The Kier molecular flexibility index (Phi) is 5.83. The first kappa shape index (κ1) is 15.5. The number of ether oxygens (including phenoxy) is 1. The summed E-state index contributed by atoms with van der Waals surface area (Å²) in [5.41, 5.74) is 6.62. The highest BCUT2D eigenvalue weighted by atomic mass is 16.5. The highest BCUT2D eigenvalue weighted by Crippen LogP contribution is 2.36. The van der Waals surface area contributed by atoms with Gasteiger partial charge in [0.25, 0.3) is 0 Å². The molecule has 1 aliphatic carbocycles. The summed E-state index contributed by atoms with van der Waals surface area (Å²) in [5, 5.41) is 0. The van der Waals surface area contributed by atoms with Crippen LogP contribution >= 0.6 is 0 Å². The number of carbonyl (C=O) groups is 1. The standard InChI is InChI=1S/C15H21NO2.H2O/c1-18-13-9-7-12(8-10-13)14(15(16)17)11-5-3-2-4-6-11;/h7-11,14H,2-6H2,1H3,(H2,16,17);1H2. The highest BCUT2D eigenvalue weighted by Gasteiger charge is 2.29. The molecule has 4 nitrogen and oxygen atoms in total. The van der Waals surface area contributed by atoms with Gasteiger partial charge in [-0.2, -0.15) is 0 Å². The second kappa shape index (κ2) is 7.14. The van der Waals surface area contributed by atoms with Crippen LogP contribution in [0.3, 0.4) is 0 Å². The van der Waals surface area contributed by atoms with Crippen molar-refractivity contribution in [3.05, 3.63) is 29.8 Å². The predicted molar refractivity (Wildman–Crippen MR) is 75.1 cm³/mol. The Balaban J connectivity index is 0.00000180. The topological polar surface area (TPSA) is 83.8 Å². The summed E-state index contributed by atoms with van der Waals surface area (Å²) in [5.74, 6) is 0.874. The molecule has 0 aromatic heterocycles. The first-order valence-corrected chi connectivity index (χ1v) is 6.65. The number of nitrogens with two attached hydrogens (primary N) is 1. The van der Waals surface area contributed by atoms with Crippen molar-refractivity contribution in [2.45, 2.75) is 38.0 Å². The van der Waals surface area contributed by atoms with Gasteiger partial charge in [-0.1, -0.05) is 31.4 Å². The van der Waals surface area contributed by atoms with Crippen LogP contribution in [0.1, 0.15) is 43.6 Å². The Morgan fingerprint density at radius 3 is 2.26 bits per heavy atom. The van der Waals surface area contributed by atoms with Crippen molar-refractivity contribution in [2.24, 2.45) is 11.7 Å². The predicted octanol–water partition coefficient (Wildman–Crippen LogP) is 2.02. The summed E-state index contributed by atoms with van der Waals surface area (Å²) < 4.78 is 5.14. The Hall–Kier alpha value is -1.55. The summed E-state index contributed by atoms with van der Waals surface area (Å²) in [7, 11) is 1.64. The molecule has 0 heterocycles. The molecule has 4 N–H and O–H groups in total. The van der Waals surface area contributed by atoms with Gasteiger partial charge < -0.3 is 15.9 Å². The van der Waals surface area contributed by atoms with Crippen LogP contribution in [0.5, 0.6) is 5.75 Å². The molecular formula is C15H23NO3. The molecule has 19 heavy (non-hydrogen) atoms. The molecule has 0 aliphatic heterocycles. The minimum absolute atomic E-state index is 0. The van der Waals surface area contributed by atoms with E-state index in [1.807, 2.05) is 24.3 Å². The van der Waals surface area contributed by atoms with Crippen molar-refractivity contribution in [1.29, 1.82) is 0 Å².